The van der Waals surface area contributed by atoms with Gasteiger partial charge in [0.15, 0.2) is 17.5 Å². The Balaban J connectivity index is 1.48. The largest absolute Gasteiger partial charge is 0.481 e. The molecule has 180 valence electrons. The molecule has 5 rings (SSSR count). The molecule has 0 unspecified atom stereocenters. The van der Waals surface area contributed by atoms with Gasteiger partial charge in [-0.1, -0.05) is 23.4 Å². The van der Waals surface area contributed by atoms with Crippen molar-refractivity contribution in [3.8, 4) is 22.9 Å². The maximum Gasteiger partial charge on any atom is 0.309 e. The highest BCUT2D eigenvalue weighted by molar-refractivity contribution is 5.74. The van der Waals surface area contributed by atoms with Gasteiger partial charge in [-0.2, -0.15) is 5.10 Å². The second-order valence-corrected chi connectivity index (χ2v) is 8.77. The number of anilines is 1. The van der Waals surface area contributed by atoms with Crippen molar-refractivity contribution in [3.05, 3.63) is 66.1 Å². The van der Waals surface area contributed by atoms with Crippen LogP contribution < -0.4 is 4.90 Å². The maximum atomic E-state index is 14.7. The van der Waals surface area contributed by atoms with E-state index in [2.05, 4.69) is 20.2 Å². The fourth-order valence-electron chi connectivity index (χ4n) is 4.11. The predicted molar refractivity (Wildman–Crippen MR) is 121 cm³/mol. The van der Waals surface area contributed by atoms with Crippen LogP contribution in [0.3, 0.4) is 0 Å². The van der Waals surface area contributed by atoms with Gasteiger partial charge in [-0.25, -0.2) is 18.7 Å². The van der Waals surface area contributed by atoms with E-state index in [1.54, 1.807) is 46.8 Å². The van der Waals surface area contributed by atoms with Gasteiger partial charge in [0.1, 0.15) is 23.5 Å². The van der Waals surface area contributed by atoms with Crippen LogP contribution in [0.2, 0.25) is 0 Å². The van der Waals surface area contributed by atoms with Crippen molar-refractivity contribution in [2.45, 2.75) is 26.3 Å². The summed E-state index contributed by atoms with van der Waals surface area (Å²) in [5, 5.41) is 18.0. The summed E-state index contributed by atoms with van der Waals surface area (Å²) in [5.41, 5.74) is 0.990. The number of nitrogens with zero attached hydrogens (tertiary/aromatic N) is 6. The third kappa shape index (κ3) is 4.36. The lowest BCUT2D eigenvalue weighted by Gasteiger charge is -2.37. The van der Waals surface area contributed by atoms with E-state index < -0.39 is 17.2 Å². The molecule has 1 aromatic carbocycles. The Hall–Kier alpha value is -4.15. The molecule has 35 heavy (non-hydrogen) atoms. The fourth-order valence-corrected chi connectivity index (χ4v) is 4.11. The topological polar surface area (TPSA) is 110 Å². The molecule has 1 aliphatic heterocycles. The minimum Gasteiger partial charge on any atom is -0.481 e. The number of aliphatic carboxylic acids is 1. The van der Waals surface area contributed by atoms with Crippen LogP contribution in [-0.4, -0.2) is 49.1 Å². The summed E-state index contributed by atoms with van der Waals surface area (Å²) in [6.07, 6.45) is 3.24. The van der Waals surface area contributed by atoms with Crippen LogP contribution >= 0.6 is 0 Å². The molecule has 3 aromatic heterocycles. The molecule has 0 bridgehead atoms. The van der Waals surface area contributed by atoms with Crippen molar-refractivity contribution in [2.75, 3.05) is 18.0 Å². The number of halogens is 2. The van der Waals surface area contributed by atoms with Crippen LogP contribution in [-0.2, 0) is 11.3 Å². The van der Waals surface area contributed by atoms with E-state index in [9.17, 15) is 18.7 Å². The van der Waals surface area contributed by atoms with Crippen molar-refractivity contribution < 1.29 is 23.2 Å². The molecule has 0 spiro atoms. The van der Waals surface area contributed by atoms with Gasteiger partial charge in [0, 0.05) is 24.7 Å². The zero-order valence-corrected chi connectivity index (χ0v) is 18.9. The lowest BCUT2D eigenvalue weighted by molar-refractivity contribution is -0.149. The Morgan fingerprint density at radius 1 is 1.14 bits per heavy atom. The highest BCUT2D eigenvalue weighted by Crippen LogP contribution is 2.34. The first-order chi connectivity index (χ1) is 16.8. The summed E-state index contributed by atoms with van der Waals surface area (Å²) in [6, 6.07) is 9.73. The molecule has 0 aliphatic carbocycles. The highest BCUT2D eigenvalue weighted by atomic mass is 19.1. The van der Waals surface area contributed by atoms with Gasteiger partial charge in [-0.15, -0.1) is 0 Å². The first-order valence-electron chi connectivity index (χ1n) is 11.1. The first-order valence-corrected chi connectivity index (χ1v) is 11.1. The number of hydrogen-bond acceptors (Lipinski definition) is 7. The van der Waals surface area contributed by atoms with Gasteiger partial charge >= 0.3 is 5.97 Å². The SMILES string of the molecule is CC1(C(=O)O)CCN(c2nc(-c3cc(-c4ccon4)n(Cc4ccccc4F)n3)ncc2F)CC1. The molecule has 0 atom stereocenters. The molecule has 1 N–H and O–H groups in total. The molecule has 1 fully saturated rings. The number of piperidine rings is 1. The van der Waals surface area contributed by atoms with Gasteiger partial charge in [0.2, 0.25) is 0 Å². The Labute approximate surface area is 199 Å². The summed E-state index contributed by atoms with van der Waals surface area (Å²) in [5.74, 6) is -1.55. The summed E-state index contributed by atoms with van der Waals surface area (Å²) in [6.45, 7) is 2.52. The van der Waals surface area contributed by atoms with Gasteiger partial charge in [-0.05, 0) is 31.9 Å². The van der Waals surface area contributed by atoms with E-state index in [0.29, 0.717) is 48.6 Å². The van der Waals surface area contributed by atoms with Crippen LogP contribution in [0.5, 0.6) is 0 Å². The third-order valence-corrected chi connectivity index (χ3v) is 6.40. The monoisotopic (exact) mass is 480 g/mol. The summed E-state index contributed by atoms with van der Waals surface area (Å²) in [7, 11) is 0. The molecule has 9 nitrogen and oxygen atoms in total. The van der Waals surface area contributed by atoms with E-state index >= 15 is 0 Å². The van der Waals surface area contributed by atoms with Crippen molar-refractivity contribution in [1.82, 2.24) is 24.9 Å². The number of benzene rings is 1. The number of carboxylic acid groups (broad SMARTS) is 1. The third-order valence-electron chi connectivity index (χ3n) is 6.40. The Kier molecular flexibility index (Phi) is 5.75. The normalized spacial score (nSPS) is 15.3. The van der Waals surface area contributed by atoms with E-state index in [4.69, 9.17) is 4.52 Å². The molecule has 1 saturated heterocycles. The summed E-state index contributed by atoms with van der Waals surface area (Å²) >= 11 is 0. The van der Waals surface area contributed by atoms with E-state index in [0.717, 1.165) is 6.20 Å². The number of rotatable bonds is 6. The number of carboxylic acids is 1. The van der Waals surface area contributed by atoms with Gasteiger partial charge in [0.05, 0.1) is 23.9 Å². The summed E-state index contributed by atoms with van der Waals surface area (Å²) < 4.78 is 35.5. The molecular weight excluding hydrogens is 458 g/mol. The van der Waals surface area contributed by atoms with Crippen LogP contribution in [0, 0.1) is 17.0 Å². The van der Waals surface area contributed by atoms with E-state index in [-0.39, 0.29) is 24.0 Å². The molecular formula is C24H22F2N6O3. The van der Waals surface area contributed by atoms with Crippen LogP contribution in [0.25, 0.3) is 22.9 Å². The molecule has 11 heteroatoms. The zero-order chi connectivity index (χ0) is 24.6. The molecule has 4 aromatic rings. The van der Waals surface area contributed by atoms with Crippen molar-refractivity contribution in [3.63, 3.8) is 0 Å². The molecule has 4 heterocycles. The van der Waals surface area contributed by atoms with Crippen molar-refractivity contribution >= 4 is 11.8 Å². The lowest BCUT2D eigenvalue weighted by Crippen LogP contribution is -2.43. The molecule has 0 amide bonds. The Morgan fingerprint density at radius 3 is 2.60 bits per heavy atom. The predicted octanol–water partition coefficient (Wildman–Crippen LogP) is 4.01. The quantitative estimate of drug-likeness (QED) is 0.441. The minimum absolute atomic E-state index is 0.0917. The molecule has 1 aliphatic rings. The van der Waals surface area contributed by atoms with Gasteiger partial charge in [0.25, 0.3) is 0 Å². The molecule has 0 radical (unpaired) electrons. The smallest absolute Gasteiger partial charge is 0.309 e. The van der Waals surface area contributed by atoms with E-state index in [1.165, 1.54) is 12.3 Å². The van der Waals surface area contributed by atoms with Gasteiger partial charge < -0.3 is 14.5 Å². The summed E-state index contributed by atoms with van der Waals surface area (Å²) in [4.78, 5) is 21.8. The van der Waals surface area contributed by atoms with Crippen molar-refractivity contribution in [2.24, 2.45) is 5.41 Å². The zero-order valence-electron chi connectivity index (χ0n) is 18.9. The van der Waals surface area contributed by atoms with Crippen molar-refractivity contribution in [1.29, 1.82) is 0 Å². The Bertz CT molecular complexity index is 1360. The van der Waals surface area contributed by atoms with E-state index in [1.807, 2.05) is 0 Å². The Morgan fingerprint density at radius 2 is 1.91 bits per heavy atom. The first kappa shape index (κ1) is 22.6. The number of carbonyl (C=O) groups is 1. The average Bonchev–Trinajstić information content (AvgIpc) is 3.52. The second-order valence-electron chi connectivity index (χ2n) is 8.77. The standard InChI is InChI=1S/C24H22F2N6O3/c1-24(23(33)34)7-9-31(10-8-24)22-17(26)13-27-21(28-22)19-12-20(18-6-11-35-30-18)32(29-19)14-15-4-2-3-5-16(15)25/h2-6,11-13H,7-10,14H2,1H3,(H,33,34). The van der Waals surface area contributed by atoms with Gasteiger partial charge in [-0.3, -0.25) is 9.48 Å². The van der Waals surface area contributed by atoms with Crippen LogP contribution in [0.4, 0.5) is 14.6 Å². The fraction of sp³-hybridized carbons (Fsp3) is 0.292. The average molecular weight is 480 g/mol. The lowest BCUT2D eigenvalue weighted by atomic mass is 9.80. The number of hydrogen-bond donors (Lipinski definition) is 1. The maximum absolute atomic E-state index is 14.7. The van der Waals surface area contributed by atoms with Crippen LogP contribution in [0.15, 0.2) is 53.4 Å². The minimum atomic E-state index is -0.859. The number of aromatic nitrogens is 5. The second kappa shape index (κ2) is 8.90. The van der Waals surface area contributed by atoms with Crippen LogP contribution in [0.1, 0.15) is 25.3 Å². The molecule has 0 saturated carbocycles. The highest BCUT2D eigenvalue weighted by Gasteiger charge is 2.37.